The first kappa shape index (κ1) is 8.89. The molecule has 2 aliphatic rings. The first-order chi connectivity index (χ1) is 7.34. The summed E-state index contributed by atoms with van der Waals surface area (Å²) in [6.07, 6.45) is 7.78. The van der Waals surface area contributed by atoms with Crippen LogP contribution >= 0.6 is 0 Å². The molecule has 78 valence electrons. The van der Waals surface area contributed by atoms with Gasteiger partial charge in [0.25, 0.3) is 0 Å². The smallest absolute Gasteiger partial charge is 0.151 e. The quantitative estimate of drug-likeness (QED) is 0.688. The molecule has 1 aliphatic heterocycles. The molecule has 0 atom stereocenters. The van der Waals surface area contributed by atoms with Crippen molar-refractivity contribution in [2.75, 3.05) is 11.4 Å². The fourth-order valence-electron chi connectivity index (χ4n) is 2.63. The van der Waals surface area contributed by atoms with Gasteiger partial charge < -0.3 is 4.90 Å². The van der Waals surface area contributed by atoms with E-state index in [0.717, 1.165) is 18.6 Å². The van der Waals surface area contributed by atoms with Gasteiger partial charge in [0.15, 0.2) is 6.29 Å². The van der Waals surface area contributed by atoms with E-state index >= 15 is 0 Å². The Balaban J connectivity index is 1.83. The molecule has 1 aliphatic carbocycles. The van der Waals surface area contributed by atoms with Crippen LogP contribution in [-0.4, -0.2) is 23.4 Å². The Kier molecular flexibility index (Phi) is 1.81. The number of carbonyl (C=O) groups is 1. The summed E-state index contributed by atoms with van der Waals surface area (Å²) in [7, 11) is 0. The molecule has 0 bridgehead atoms. The lowest BCUT2D eigenvalue weighted by atomic mass is 9.68. The van der Waals surface area contributed by atoms with Gasteiger partial charge in [0.1, 0.15) is 5.82 Å². The van der Waals surface area contributed by atoms with Gasteiger partial charge in [-0.05, 0) is 37.8 Å². The van der Waals surface area contributed by atoms with Gasteiger partial charge in [-0.15, -0.1) is 0 Å². The molecule has 0 amide bonds. The van der Waals surface area contributed by atoms with E-state index in [2.05, 4.69) is 9.88 Å². The number of aldehydes is 1. The zero-order valence-electron chi connectivity index (χ0n) is 8.65. The molecular formula is C12H14N2O. The zero-order valence-corrected chi connectivity index (χ0v) is 8.65. The predicted molar refractivity (Wildman–Crippen MR) is 58.2 cm³/mol. The molecule has 15 heavy (non-hydrogen) atoms. The Morgan fingerprint density at radius 3 is 2.60 bits per heavy atom. The number of nitrogens with zero attached hydrogens (tertiary/aromatic N) is 2. The Bertz CT molecular complexity index is 376. The third kappa shape index (κ3) is 1.19. The Morgan fingerprint density at radius 1 is 1.33 bits per heavy atom. The molecule has 3 nitrogen and oxygen atoms in total. The summed E-state index contributed by atoms with van der Waals surface area (Å²) in [5, 5.41) is 0. The molecular weight excluding hydrogens is 188 g/mol. The summed E-state index contributed by atoms with van der Waals surface area (Å²) in [5.41, 5.74) is 1.09. The SMILES string of the molecule is O=Cc1ccc(N2CCC23CCC3)nc1. The largest absolute Gasteiger partial charge is 0.351 e. The van der Waals surface area contributed by atoms with Crippen LogP contribution in [0.5, 0.6) is 0 Å². The Hall–Kier alpha value is -1.38. The second-order valence-corrected chi connectivity index (χ2v) is 4.55. The number of pyridine rings is 1. The molecule has 1 saturated heterocycles. The summed E-state index contributed by atoms with van der Waals surface area (Å²) in [4.78, 5) is 17.2. The highest BCUT2D eigenvalue weighted by atomic mass is 16.1. The van der Waals surface area contributed by atoms with Crippen LogP contribution in [0.3, 0.4) is 0 Å². The topological polar surface area (TPSA) is 33.2 Å². The van der Waals surface area contributed by atoms with Crippen LogP contribution in [0, 0.1) is 0 Å². The van der Waals surface area contributed by atoms with Crippen molar-refractivity contribution >= 4 is 12.1 Å². The minimum absolute atomic E-state index is 0.440. The summed E-state index contributed by atoms with van der Waals surface area (Å²) in [6.45, 7) is 1.12. The molecule has 2 heterocycles. The van der Waals surface area contributed by atoms with E-state index in [1.165, 1.54) is 25.7 Å². The van der Waals surface area contributed by atoms with E-state index < -0.39 is 0 Å². The average molecular weight is 202 g/mol. The number of hydrogen-bond donors (Lipinski definition) is 0. The monoisotopic (exact) mass is 202 g/mol. The lowest BCUT2D eigenvalue weighted by molar-refractivity contribution is 0.112. The highest BCUT2D eigenvalue weighted by molar-refractivity contribution is 5.74. The van der Waals surface area contributed by atoms with E-state index in [1.807, 2.05) is 12.1 Å². The van der Waals surface area contributed by atoms with Crippen LogP contribution in [0.15, 0.2) is 18.3 Å². The summed E-state index contributed by atoms with van der Waals surface area (Å²) in [5.74, 6) is 1.03. The van der Waals surface area contributed by atoms with Crippen LogP contribution < -0.4 is 4.90 Å². The van der Waals surface area contributed by atoms with Crippen molar-refractivity contribution in [3.63, 3.8) is 0 Å². The van der Waals surface area contributed by atoms with Crippen molar-refractivity contribution in [2.45, 2.75) is 31.2 Å². The van der Waals surface area contributed by atoms with E-state index in [0.29, 0.717) is 11.1 Å². The molecule has 3 heteroatoms. The second kappa shape index (κ2) is 3.05. The lowest BCUT2D eigenvalue weighted by Crippen LogP contribution is -2.64. The van der Waals surface area contributed by atoms with Crippen LogP contribution in [-0.2, 0) is 0 Å². The number of anilines is 1. The van der Waals surface area contributed by atoms with Crippen LogP contribution in [0.4, 0.5) is 5.82 Å². The number of hydrogen-bond acceptors (Lipinski definition) is 3. The molecule has 3 rings (SSSR count). The highest BCUT2D eigenvalue weighted by Crippen LogP contribution is 2.48. The average Bonchev–Trinajstić information content (AvgIpc) is 2.15. The van der Waals surface area contributed by atoms with E-state index in [1.54, 1.807) is 6.20 Å². The van der Waals surface area contributed by atoms with Crippen LogP contribution in [0.2, 0.25) is 0 Å². The lowest BCUT2D eigenvalue weighted by Gasteiger charge is -2.59. The number of carbonyl (C=O) groups excluding carboxylic acids is 1. The Labute approximate surface area is 89.1 Å². The van der Waals surface area contributed by atoms with E-state index in [9.17, 15) is 4.79 Å². The van der Waals surface area contributed by atoms with Gasteiger partial charge in [-0.25, -0.2) is 4.98 Å². The van der Waals surface area contributed by atoms with Gasteiger partial charge in [-0.3, -0.25) is 4.79 Å². The molecule has 0 unspecified atom stereocenters. The normalized spacial score (nSPS) is 22.0. The molecule has 1 spiro atoms. The third-order valence-corrected chi connectivity index (χ3v) is 3.84. The molecule has 0 radical (unpaired) electrons. The standard InChI is InChI=1S/C12H14N2O/c15-9-10-2-3-11(13-8-10)14-7-6-12(14)4-1-5-12/h2-3,8-9H,1,4-7H2. The van der Waals surface area contributed by atoms with Crippen molar-refractivity contribution in [2.24, 2.45) is 0 Å². The second-order valence-electron chi connectivity index (χ2n) is 4.55. The van der Waals surface area contributed by atoms with E-state index in [-0.39, 0.29) is 0 Å². The van der Waals surface area contributed by atoms with Gasteiger partial charge in [0, 0.05) is 23.8 Å². The molecule has 0 N–H and O–H groups in total. The maximum atomic E-state index is 10.5. The molecule has 2 fully saturated rings. The number of aromatic nitrogens is 1. The van der Waals surface area contributed by atoms with Gasteiger partial charge in [-0.1, -0.05) is 0 Å². The molecule has 1 aromatic heterocycles. The Morgan fingerprint density at radius 2 is 2.20 bits per heavy atom. The minimum Gasteiger partial charge on any atom is -0.351 e. The first-order valence-electron chi connectivity index (χ1n) is 5.53. The molecule has 1 saturated carbocycles. The van der Waals surface area contributed by atoms with Crippen molar-refractivity contribution in [3.05, 3.63) is 23.9 Å². The highest BCUT2D eigenvalue weighted by Gasteiger charge is 2.49. The van der Waals surface area contributed by atoms with Crippen molar-refractivity contribution < 1.29 is 4.79 Å². The summed E-state index contributed by atoms with van der Waals surface area (Å²) >= 11 is 0. The van der Waals surface area contributed by atoms with Gasteiger partial charge >= 0.3 is 0 Å². The maximum absolute atomic E-state index is 10.5. The fourth-order valence-corrected chi connectivity index (χ4v) is 2.63. The minimum atomic E-state index is 0.440. The first-order valence-corrected chi connectivity index (χ1v) is 5.53. The summed E-state index contributed by atoms with van der Waals surface area (Å²) < 4.78 is 0. The fraction of sp³-hybridized carbons (Fsp3) is 0.500. The molecule has 1 aromatic rings. The third-order valence-electron chi connectivity index (χ3n) is 3.84. The molecule has 0 aromatic carbocycles. The van der Waals surface area contributed by atoms with Gasteiger partial charge in [0.2, 0.25) is 0 Å². The van der Waals surface area contributed by atoms with Gasteiger partial charge in [0.05, 0.1) is 0 Å². The van der Waals surface area contributed by atoms with Crippen molar-refractivity contribution in [3.8, 4) is 0 Å². The van der Waals surface area contributed by atoms with Crippen molar-refractivity contribution in [1.82, 2.24) is 4.98 Å². The maximum Gasteiger partial charge on any atom is 0.151 e. The zero-order chi connectivity index (χ0) is 10.3. The summed E-state index contributed by atoms with van der Waals surface area (Å²) in [6, 6.07) is 3.81. The van der Waals surface area contributed by atoms with Crippen LogP contribution in [0.25, 0.3) is 0 Å². The van der Waals surface area contributed by atoms with Gasteiger partial charge in [-0.2, -0.15) is 0 Å². The number of rotatable bonds is 2. The van der Waals surface area contributed by atoms with Crippen molar-refractivity contribution in [1.29, 1.82) is 0 Å². The van der Waals surface area contributed by atoms with E-state index in [4.69, 9.17) is 0 Å². The predicted octanol–water partition coefficient (Wildman–Crippen LogP) is 2.03. The van der Waals surface area contributed by atoms with Crippen LogP contribution in [0.1, 0.15) is 36.0 Å².